The highest BCUT2D eigenvalue weighted by molar-refractivity contribution is 9.10. The van der Waals surface area contributed by atoms with Gasteiger partial charge in [-0.15, -0.1) is 16.9 Å². The van der Waals surface area contributed by atoms with Crippen molar-refractivity contribution in [3.63, 3.8) is 0 Å². The lowest BCUT2D eigenvalue weighted by atomic mass is 10.1. The van der Waals surface area contributed by atoms with Crippen LogP contribution in [0.2, 0.25) is 0 Å². The van der Waals surface area contributed by atoms with Gasteiger partial charge in [-0.25, -0.2) is 0 Å². The third kappa shape index (κ3) is 3.13. The fraction of sp³-hybridized carbons (Fsp3) is 0.0625. The molecule has 1 heterocycles. The van der Waals surface area contributed by atoms with Crippen molar-refractivity contribution in [2.24, 2.45) is 10.2 Å². The number of nitrogens with one attached hydrogen (secondary N) is 1. The number of nitrogens with zero attached hydrogens (tertiary/aromatic N) is 2. The second-order valence-corrected chi connectivity index (χ2v) is 6.41. The van der Waals surface area contributed by atoms with Crippen LogP contribution in [0.1, 0.15) is 11.1 Å². The smallest absolute Gasteiger partial charge is 0.276 e. The van der Waals surface area contributed by atoms with Crippen molar-refractivity contribution in [2.45, 2.75) is 4.90 Å². The molecule has 0 saturated heterocycles. The lowest BCUT2D eigenvalue weighted by molar-refractivity contribution is -0.110. The van der Waals surface area contributed by atoms with Gasteiger partial charge < -0.3 is 5.32 Å². The quantitative estimate of drug-likeness (QED) is 0.503. The Labute approximate surface area is 140 Å². The largest absolute Gasteiger partial charge is 0.320 e. The van der Waals surface area contributed by atoms with Gasteiger partial charge in [-0.3, -0.25) is 4.79 Å². The summed E-state index contributed by atoms with van der Waals surface area (Å²) in [6.45, 7) is 0. The molecule has 0 saturated carbocycles. The first-order valence-electron chi connectivity index (χ1n) is 6.54. The van der Waals surface area contributed by atoms with Crippen LogP contribution in [0.25, 0.3) is 0 Å². The van der Waals surface area contributed by atoms with Crippen molar-refractivity contribution >= 4 is 51.2 Å². The number of amides is 1. The van der Waals surface area contributed by atoms with Gasteiger partial charge in [0.1, 0.15) is 0 Å². The van der Waals surface area contributed by atoms with Crippen molar-refractivity contribution in [1.82, 2.24) is 0 Å². The van der Waals surface area contributed by atoms with Gasteiger partial charge >= 0.3 is 0 Å². The average Bonchev–Trinajstić information content (AvgIpc) is 2.83. The number of hydrogen-bond acceptors (Lipinski definition) is 4. The van der Waals surface area contributed by atoms with Crippen LogP contribution in [0.4, 0.5) is 5.69 Å². The summed E-state index contributed by atoms with van der Waals surface area (Å²) in [5.74, 6) is -0.233. The highest BCUT2D eigenvalue weighted by atomic mass is 79.9. The normalized spacial score (nSPS) is 15.4. The molecule has 2 aromatic carbocycles. The predicted octanol–water partition coefficient (Wildman–Crippen LogP) is 3.95. The Morgan fingerprint density at radius 1 is 1.18 bits per heavy atom. The standard InChI is InChI=1S/C16H12BrN3OS/c1-22-12-5-2-10(3-6-12)9-18-20-15-13-8-11(17)4-7-14(13)19-16(15)21/h2-9H,1H3,(H,19,20,21). The lowest BCUT2D eigenvalue weighted by Crippen LogP contribution is -2.13. The molecule has 1 N–H and O–H groups in total. The van der Waals surface area contributed by atoms with Crippen LogP contribution in [0, 0.1) is 0 Å². The van der Waals surface area contributed by atoms with E-state index in [2.05, 4.69) is 31.4 Å². The molecule has 0 aromatic heterocycles. The molecular weight excluding hydrogens is 362 g/mol. The van der Waals surface area contributed by atoms with Gasteiger partial charge in [0.2, 0.25) is 0 Å². The Kier molecular flexibility index (Phi) is 4.40. The van der Waals surface area contributed by atoms with Crippen molar-refractivity contribution < 1.29 is 4.79 Å². The van der Waals surface area contributed by atoms with Gasteiger partial charge in [0, 0.05) is 14.9 Å². The van der Waals surface area contributed by atoms with Crippen molar-refractivity contribution in [3.05, 3.63) is 58.1 Å². The Hall–Kier alpha value is -1.92. The second kappa shape index (κ2) is 6.46. The molecule has 0 unspecified atom stereocenters. The van der Waals surface area contributed by atoms with Crippen molar-refractivity contribution in [2.75, 3.05) is 11.6 Å². The van der Waals surface area contributed by atoms with Gasteiger partial charge in [-0.05, 0) is 42.2 Å². The minimum absolute atomic E-state index is 0.233. The number of thioether (sulfide) groups is 1. The molecular formula is C16H12BrN3OS. The topological polar surface area (TPSA) is 53.8 Å². The van der Waals surface area contributed by atoms with E-state index in [0.717, 1.165) is 21.3 Å². The van der Waals surface area contributed by atoms with Gasteiger partial charge in [0.05, 0.1) is 11.9 Å². The highest BCUT2D eigenvalue weighted by Gasteiger charge is 2.26. The first kappa shape index (κ1) is 15.0. The third-order valence-corrected chi connectivity index (χ3v) is 4.42. The van der Waals surface area contributed by atoms with Crippen LogP contribution in [-0.2, 0) is 4.79 Å². The molecule has 1 aliphatic heterocycles. The lowest BCUT2D eigenvalue weighted by Gasteiger charge is -1.97. The van der Waals surface area contributed by atoms with Gasteiger partial charge in [-0.1, -0.05) is 28.1 Å². The Morgan fingerprint density at radius 3 is 2.68 bits per heavy atom. The SMILES string of the molecule is CSc1ccc(C=N/N=C2\C(=O)Nc3ccc(Br)cc32)cc1. The molecule has 3 rings (SSSR count). The van der Waals surface area contributed by atoms with E-state index in [1.165, 1.54) is 4.90 Å². The number of rotatable bonds is 3. The maximum atomic E-state index is 11.9. The van der Waals surface area contributed by atoms with Crippen molar-refractivity contribution in [1.29, 1.82) is 0 Å². The minimum Gasteiger partial charge on any atom is -0.320 e. The van der Waals surface area contributed by atoms with Crippen LogP contribution in [-0.4, -0.2) is 24.1 Å². The maximum Gasteiger partial charge on any atom is 0.276 e. The van der Waals surface area contributed by atoms with Gasteiger partial charge in [0.15, 0.2) is 5.71 Å². The maximum absolute atomic E-state index is 11.9. The molecule has 0 aliphatic carbocycles. The fourth-order valence-electron chi connectivity index (χ4n) is 2.07. The number of hydrogen-bond donors (Lipinski definition) is 1. The highest BCUT2D eigenvalue weighted by Crippen LogP contribution is 2.26. The number of halogens is 1. The summed E-state index contributed by atoms with van der Waals surface area (Å²) in [5, 5.41) is 10.9. The van der Waals surface area contributed by atoms with E-state index in [-0.39, 0.29) is 5.91 Å². The van der Waals surface area contributed by atoms with Crippen molar-refractivity contribution in [3.8, 4) is 0 Å². The van der Waals surface area contributed by atoms with E-state index < -0.39 is 0 Å². The van der Waals surface area contributed by atoms with Crippen LogP contribution < -0.4 is 5.32 Å². The fourth-order valence-corrected chi connectivity index (χ4v) is 2.84. The molecule has 0 bridgehead atoms. The molecule has 0 fully saturated rings. The van der Waals surface area contributed by atoms with E-state index in [9.17, 15) is 4.79 Å². The summed E-state index contributed by atoms with van der Waals surface area (Å²) < 4.78 is 0.895. The number of fused-ring (bicyclic) bond motifs is 1. The Morgan fingerprint density at radius 2 is 1.95 bits per heavy atom. The molecule has 1 amide bonds. The van der Waals surface area contributed by atoms with E-state index in [0.29, 0.717) is 5.71 Å². The zero-order chi connectivity index (χ0) is 15.5. The third-order valence-electron chi connectivity index (χ3n) is 3.18. The Bertz CT molecular complexity index is 784. The summed E-state index contributed by atoms with van der Waals surface area (Å²) >= 11 is 5.08. The summed E-state index contributed by atoms with van der Waals surface area (Å²) in [7, 11) is 0. The Balaban J connectivity index is 1.84. The van der Waals surface area contributed by atoms with Gasteiger partial charge in [0.25, 0.3) is 5.91 Å². The number of benzene rings is 2. The van der Waals surface area contributed by atoms with Crippen LogP contribution >= 0.6 is 27.7 Å². The molecule has 22 heavy (non-hydrogen) atoms. The molecule has 0 atom stereocenters. The first-order valence-corrected chi connectivity index (χ1v) is 8.55. The molecule has 0 spiro atoms. The van der Waals surface area contributed by atoms with E-state index in [4.69, 9.17) is 0 Å². The van der Waals surface area contributed by atoms with Crippen LogP contribution in [0.3, 0.4) is 0 Å². The molecule has 2 aromatic rings. The second-order valence-electron chi connectivity index (χ2n) is 4.61. The van der Waals surface area contributed by atoms with Crippen LogP contribution in [0.15, 0.2) is 62.0 Å². The van der Waals surface area contributed by atoms with E-state index >= 15 is 0 Å². The zero-order valence-corrected chi connectivity index (χ0v) is 14.1. The number of anilines is 1. The molecule has 4 nitrogen and oxygen atoms in total. The van der Waals surface area contributed by atoms with Crippen LogP contribution in [0.5, 0.6) is 0 Å². The molecule has 1 aliphatic rings. The predicted molar refractivity (Wildman–Crippen MR) is 95.1 cm³/mol. The van der Waals surface area contributed by atoms with E-state index in [1.807, 2.05) is 48.7 Å². The first-order chi connectivity index (χ1) is 10.7. The molecule has 110 valence electrons. The summed E-state index contributed by atoms with van der Waals surface area (Å²) in [4.78, 5) is 13.1. The zero-order valence-electron chi connectivity index (χ0n) is 11.7. The monoisotopic (exact) mass is 373 g/mol. The number of carbonyl (C=O) groups is 1. The summed E-state index contributed by atoms with van der Waals surface area (Å²) in [6, 6.07) is 13.5. The molecule has 0 radical (unpaired) electrons. The summed E-state index contributed by atoms with van der Waals surface area (Å²) in [5.41, 5.74) is 2.78. The van der Waals surface area contributed by atoms with E-state index in [1.54, 1.807) is 18.0 Å². The summed E-state index contributed by atoms with van der Waals surface area (Å²) in [6.07, 6.45) is 3.67. The number of carbonyl (C=O) groups excluding carboxylic acids is 1. The average molecular weight is 374 g/mol. The minimum atomic E-state index is -0.233. The molecule has 6 heteroatoms. The van der Waals surface area contributed by atoms with Gasteiger partial charge in [-0.2, -0.15) is 5.10 Å².